The number of carboxylic acids is 1. The number of carbonyl (C=O) groups is 1. The van der Waals surface area contributed by atoms with E-state index in [2.05, 4.69) is 4.84 Å². The average molecular weight is 317 g/mol. The number of benzene rings is 1. The lowest BCUT2D eigenvalue weighted by atomic mass is 10.1. The van der Waals surface area contributed by atoms with Gasteiger partial charge in [-0.25, -0.2) is 0 Å². The van der Waals surface area contributed by atoms with Crippen LogP contribution in [-0.4, -0.2) is 33.6 Å². The second-order valence-electron chi connectivity index (χ2n) is 4.78. The highest BCUT2D eigenvalue weighted by Gasteiger charge is 2.30. The van der Waals surface area contributed by atoms with E-state index in [4.69, 9.17) is 5.11 Å². The molecule has 0 radical (unpaired) electrons. The van der Waals surface area contributed by atoms with Crippen molar-refractivity contribution in [3.8, 4) is 0 Å². The maximum absolute atomic E-state index is 11.1. The van der Waals surface area contributed by atoms with Crippen LogP contribution in [0.2, 0.25) is 0 Å². The van der Waals surface area contributed by atoms with Crippen molar-refractivity contribution in [1.82, 2.24) is 4.90 Å². The van der Waals surface area contributed by atoms with Crippen LogP contribution in [0.1, 0.15) is 24.0 Å². The van der Waals surface area contributed by atoms with Crippen LogP contribution in [-0.2, 0) is 22.8 Å². The molecule has 1 fully saturated rings. The molecule has 1 aliphatic heterocycles. The maximum Gasteiger partial charge on any atom is 0.320 e. The third kappa shape index (κ3) is 4.87. The molecule has 1 saturated heterocycles. The van der Waals surface area contributed by atoms with Crippen molar-refractivity contribution in [2.75, 3.05) is 6.54 Å². The van der Waals surface area contributed by atoms with Crippen molar-refractivity contribution in [3.63, 3.8) is 0 Å². The quantitative estimate of drug-likeness (QED) is 0.636. The van der Waals surface area contributed by atoms with Crippen LogP contribution >= 0.6 is 12.4 Å². The Morgan fingerprint density at radius 3 is 2.57 bits per heavy atom. The Morgan fingerprint density at radius 2 is 2.00 bits per heavy atom. The molecule has 0 aromatic heterocycles. The fourth-order valence-electron chi connectivity index (χ4n) is 2.40. The summed E-state index contributed by atoms with van der Waals surface area (Å²) in [5.41, 5.74) is 1.70. The van der Waals surface area contributed by atoms with Crippen molar-refractivity contribution in [2.45, 2.75) is 32.0 Å². The maximum atomic E-state index is 11.1. The summed E-state index contributed by atoms with van der Waals surface area (Å²) in [6.07, 6.45) is 1.58. The van der Waals surface area contributed by atoms with E-state index in [0.29, 0.717) is 18.5 Å². The highest BCUT2D eigenvalue weighted by Crippen LogP contribution is 2.20. The molecule has 7 nitrogen and oxygen atoms in total. The van der Waals surface area contributed by atoms with E-state index in [0.717, 1.165) is 18.5 Å². The monoisotopic (exact) mass is 316 g/mol. The highest BCUT2D eigenvalue weighted by molar-refractivity contribution is 5.85. The van der Waals surface area contributed by atoms with E-state index in [9.17, 15) is 14.9 Å². The second kappa shape index (κ2) is 7.80. The standard InChI is InChI=1S/C13H16N2O5.ClH/c16-13(17)12-2-1-7-14(12)8-10-3-5-11(6-4-10)9-20-15(18)19;/h3-6,12H,1-2,7-9H2,(H,16,17);1H. The van der Waals surface area contributed by atoms with Crippen LogP contribution in [0.3, 0.4) is 0 Å². The SMILES string of the molecule is Cl.O=C(O)C1CCCN1Cc1ccc(CO[N+](=O)[O-])cc1. The third-order valence-electron chi connectivity index (χ3n) is 3.39. The summed E-state index contributed by atoms with van der Waals surface area (Å²) in [5, 5.41) is 18.4. The van der Waals surface area contributed by atoms with Gasteiger partial charge in [-0.15, -0.1) is 22.5 Å². The number of likely N-dealkylation sites (tertiary alicyclic amines) is 1. The Bertz CT molecular complexity index is 494. The van der Waals surface area contributed by atoms with Crippen LogP contribution in [0.25, 0.3) is 0 Å². The normalized spacial score (nSPS) is 18.0. The summed E-state index contributed by atoms with van der Waals surface area (Å²) < 4.78 is 0. The summed E-state index contributed by atoms with van der Waals surface area (Å²) >= 11 is 0. The number of hydrogen-bond donors (Lipinski definition) is 1. The molecule has 1 N–H and O–H groups in total. The molecule has 0 bridgehead atoms. The lowest BCUT2D eigenvalue weighted by Crippen LogP contribution is -2.35. The first-order chi connectivity index (χ1) is 9.56. The summed E-state index contributed by atoms with van der Waals surface area (Å²) in [6.45, 7) is 1.28. The van der Waals surface area contributed by atoms with Gasteiger partial charge in [-0.3, -0.25) is 9.69 Å². The predicted octanol–water partition coefficient (Wildman–Crippen LogP) is 1.87. The smallest absolute Gasteiger partial charge is 0.320 e. The molecule has 1 aromatic rings. The molecule has 1 heterocycles. The van der Waals surface area contributed by atoms with Crippen molar-refractivity contribution in [3.05, 3.63) is 45.5 Å². The number of hydrogen-bond acceptors (Lipinski definition) is 5. The highest BCUT2D eigenvalue weighted by atomic mass is 35.5. The first-order valence-corrected chi connectivity index (χ1v) is 6.38. The number of halogens is 1. The molecule has 1 unspecified atom stereocenters. The molecule has 116 valence electrons. The lowest BCUT2D eigenvalue weighted by molar-refractivity contribution is -0.763. The molecule has 21 heavy (non-hydrogen) atoms. The summed E-state index contributed by atoms with van der Waals surface area (Å²) in [7, 11) is 0. The largest absolute Gasteiger partial charge is 0.480 e. The average Bonchev–Trinajstić information content (AvgIpc) is 2.86. The molecule has 2 rings (SSSR count). The Kier molecular flexibility index (Phi) is 6.39. The molecule has 8 heteroatoms. The third-order valence-corrected chi connectivity index (χ3v) is 3.39. The first kappa shape index (κ1) is 17.2. The summed E-state index contributed by atoms with van der Waals surface area (Å²) in [5.74, 6) is -0.779. The van der Waals surface area contributed by atoms with E-state index < -0.39 is 17.1 Å². The molecule has 1 atom stereocenters. The Hall–Kier alpha value is -1.86. The van der Waals surface area contributed by atoms with Gasteiger partial charge in [0.25, 0.3) is 5.09 Å². The topological polar surface area (TPSA) is 92.9 Å². The zero-order valence-corrected chi connectivity index (χ0v) is 12.1. The zero-order valence-electron chi connectivity index (χ0n) is 11.3. The van der Waals surface area contributed by atoms with Crippen molar-refractivity contribution < 1.29 is 19.8 Å². The van der Waals surface area contributed by atoms with Gasteiger partial charge in [0.05, 0.1) is 0 Å². The molecule has 1 aromatic carbocycles. The van der Waals surface area contributed by atoms with Crippen molar-refractivity contribution >= 4 is 18.4 Å². The molecule has 0 aliphatic carbocycles. The van der Waals surface area contributed by atoms with Crippen LogP contribution in [0, 0.1) is 10.1 Å². The number of rotatable bonds is 6. The van der Waals surface area contributed by atoms with E-state index >= 15 is 0 Å². The van der Waals surface area contributed by atoms with Crippen LogP contribution in [0.15, 0.2) is 24.3 Å². The van der Waals surface area contributed by atoms with Crippen molar-refractivity contribution in [2.24, 2.45) is 0 Å². The van der Waals surface area contributed by atoms with Gasteiger partial charge in [0.15, 0.2) is 0 Å². The molecule has 0 amide bonds. The summed E-state index contributed by atoms with van der Waals surface area (Å²) in [6, 6.07) is 6.79. The molecule has 0 spiro atoms. The molecule has 1 aliphatic rings. The van der Waals surface area contributed by atoms with Gasteiger partial charge in [-0.2, -0.15) is 0 Å². The Labute approximate surface area is 128 Å². The Balaban J connectivity index is 0.00000220. The molecular formula is C13H17ClN2O5. The van der Waals surface area contributed by atoms with Crippen LogP contribution in [0.5, 0.6) is 0 Å². The Morgan fingerprint density at radius 1 is 1.38 bits per heavy atom. The fourth-order valence-corrected chi connectivity index (χ4v) is 2.40. The first-order valence-electron chi connectivity index (χ1n) is 6.38. The zero-order chi connectivity index (χ0) is 14.5. The van der Waals surface area contributed by atoms with Gasteiger partial charge in [-0.05, 0) is 30.5 Å². The van der Waals surface area contributed by atoms with Gasteiger partial charge in [0.1, 0.15) is 12.6 Å². The van der Waals surface area contributed by atoms with Crippen LogP contribution in [0.4, 0.5) is 0 Å². The minimum Gasteiger partial charge on any atom is -0.480 e. The van der Waals surface area contributed by atoms with E-state index in [1.165, 1.54) is 0 Å². The minimum atomic E-state index is -0.824. The predicted molar refractivity (Wildman–Crippen MR) is 76.5 cm³/mol. The molecule has 0 saturated carbocycles. The lowest BCUT2D eigenvalue weighted by Gasteiger charge is -2.21. The van der Waals surface area contributed by atoms with Gasteiger partial charge >= 0.3 is 5.97 Å². The van der Waals surface area contributed by atoms with Gasteiger partial charge in [-0.1, -0.05) is 24.3 Å². The number of nitrogens with zero attached hydrogens (tertiary/aromatic N) is 2. The second-order valence-corrected chi connectivity index (χ2v) is 4.78. The van der Waals surface area contributed by atoms with E-state index in [1.807, 2.05) is 17.0 Å². The van der Waals surface area contributed by atoms with Gasteiger partial charge in [0.2, 0.25) is 0 Å². The number of aliphatic carboxylic acids is 1. The van der Waals surface area contributed by atoms with E-state index in [-0.39, 0.29) is 19.0 Å². The summed E-state index contributed by atoms with van der Waals surface area (Å²) in [4.78, 5) is 27.4. The van der Waals surface area contributed by atoms with Crippen LogP contribution < -0.4 is 0 Å². The van der Waals surface area contributed by atoms with Gasteiger partial charge in [0, 0.05) is 6.54 Å². The van der Waals surface area contributed by atoms with Crippen molar-refractivity contribution in [1.29, 1.82) is 0 Å². The molecular weight excluding hydrogens is 300 g/mol. The minimum absolute atomic E-state index is 0. The number of carboxylic acid groups (broad SMARTS) is 1. The van der Waals surface area contributed by atoms with E-state index in [1.54, 1.807) is 12.1 Å². The fraction of sp³-hybridized carbons (Fsp3) is 0.462. The van der Waals surface area contributed by atoms with Gasteiger partial charge < -0.3 is 9.94 Å².